The second-order valence-corrected chi connectivity index (χ2v) is 9.87. The van der Waals surface area contributed by atoms with Gasteiger partial charge in [-0.05, 0) is 55.3 Å². The van der Waals surface area contributed by atoms with Gasteiger partial charge in [-0.2, -0.15) is 0 Å². The van der Waals surface area contributed by atoms with Crippen LogP contribution >= 0.6 is 15.9 Å². The molecule has 0 fully saturated rings. The first-order chi connectivity index (χ1) is 14.8. The summed E-state index contributed by atoms with van der Waals surface area (Å²) in [5.74, 6) is 1.17. The van der Waals surface area contributed by atoms with Crippen LogP contribution in [0, 0.1) is 0 Å². The van der Waals surface area contributed by atoms with Crippen LogP contribution in [0.15, 0.2) is 46.9 Å². The summed E-state index contributed by atoms with van der Waals surface area (Å²) in [5, 5.41) is 1.47. The van der Waals surface area contributed by atoms with Crippen molar-refractivity contribution in [1.82, 2.24) is 0 Å². The zero-order chi connectivity index (χ0) is 22.4. The van der Waals surface area contributed by atoms with Crippen LogP contribution in [0.4, 0.5) is 5.69 Å². The molecule has 166 valence electrons. The summed E-state index contributed by atoms with van der Waals surface area (Å²) in [6, 6.07) is 12.0. The summed E-state index contributed by atoms with van der Waals surface area (Å²) in [5.41, 5.74) is 1.95. The van der Waals surface area contributed by atoms with Gasteiger partial charge < -0.3 is 9.15 Å². The Kier molecular flexibility index (Phi) is 7.78. The van der Waals surface area contributed by atoms with Gasteiger partial charge in [0.15, 0.2) is 5.78 Å². The maximum absolute atomic E-state index is 13.4. The number of ketones is 1. The lowest BCUT2D eigenvalue weighted by molar-refractivity contribution is 0.103. The molecule has 0 saturated heterocycles. The largest absolute Gasteiger partial charge is 0.494 e. The van der Waals surface area contributed by atoms with Crippen LogP contribution < -0.4 is 9.46 Å². The predicted octanol–water partition coefficient (Wildman–Crippen LogP) is 5.54. The second-order valence-electron chi connectivity index (χ2n) is 7.33. The summed E-state index contributed by atoms with van der Waals surface area (Å²) < 4.78 is 37.4. The predicted molar refractivity (Wildman–Crippen MR) is 127 cm³/mol. The van der Waals surface area contributed by atoms with Crippen molar-refractivity contribution in [3.05, 3.63) is 59.4 Å². The molecule has 31 heavy (non-hydrogen) atoms. The van der Waals surface area contributed by atoms with Gasteiger partial charge >= 0.3 is 0 Å². The van der Waals surface area contributed by atoms with Gasteiger partial charge in [0.2, 0.25) is 10.0 Å². The van der Waals surface area contributed by atoms with Crippen molar-refractivity contribution in [3.8, 4) is 5.75 Å². The Morgan fingerprint density at radius 1 is 1.13 bits per heavy atom. The Bertz CT molecular complexity index is 1150. The van der Waals surface area contributed by atoms with Gasteiger partial charge in [0.25, 0.3) is 0 Å². The zero-order valence-corrected chi connectivity index (χ0v) is 20.0. The number of benzene rings is 2. The minimum atomic E-state index is -3.44. The smallest absolute Gasteiger partial charge is 0.229 e. The third-order valence-corrected chi connectivity index (χ3v) is 5.88. The number of ether oxygens (including phenoxy) is 1. The molecule has 0 unspecified atom stereocenters. The Morgan fingerprint density at radius 2 is 1.87 bits per heavy atom. The molecule has 0 bridgehead atoms. The number of carbonyl (C=O) groups excluding carboxylic acids is 1. The van der Waals surface area contributed by atoms with Gasteiger partial charge in [0, 0.05) is 28.4 Å². The average molecular weight is 508 g/mol. The highest BCUT2D eigenvalue weighted by Crippen LogP contribution is 2.32. The van der Waals surface area contributed by atoms with Crippen LogP contribution in [-0.2, 0) is 16.4 Å². The SMILES string of the molecule is CCCCc1oc2ccc(NS(C)(=O)=O)cc2c1C(=O)c1ccc(OCCCBr)cc1. The molecule has 0 aliphatic heterocycles. The number of alkyl halides is 1. The van der Waals surface area contributed by atoms with Crippen LogP contribution in [0.5, 0.6) is 5.75 Å². The van der Waals surface area contributed by atoms with Crippen LogP contribution in [-0.4, -0.2) is 32.4 Å². The lowest BCUT2D eigenvalue weighted by Crippen LogP contribution is -2.09. The van der Waals surface area contributed by atoms with Crippen molar-refractivity contribution in [3.63, 3.8) is 0 Å². The number of fused-ring (bicyclic) bond motifs is 1. The highest BCUT2D eigenvalue weighted by atomic mass is 79.9. The topological polar surface area (TPSA) is 85.6 Å². The van der Waals surface area contributed by atoms with E-state index in [9.17, 15) is 13.2 Å². The third-order valence-electron chi connectivity index (χ3n) is 4.71. The first kappa shape index (κ1) is 23.3. The molecule has 1 aromatic heterocycles. The maximum atomic E-state index is 13.4. The van der Waals surface area contributed by atoms with Gasteiger partial charge in [-0.1, -0.05) is 29.3 Å². The molecule has 2 aromatic carbocycles. The van der Waals surface area contributed by atoms with Crippen molar-refractivity contribution in [1.29, 1.82) is 0 Å². The number of sulfonamides is 1. The van der Waals surface area contributed by atoms with E-state index < -0.39 is 10.0 Å². The summed E-state index contributed by atoms with van der Waals surface area (Å²) in [4.78, 5) is 13.4. The van der Waals surface area contributed by atoms with Gasteiger partial charge in [0.1, 0.15) is 17.1 Å². The van der Waals surface area contributed by atoms with Crippen molar-refractivity contribution in [2.24, 2.45) is 0 Å². The molecule has 0 atom stereocenters. The molecule has 1 heterocycles. The van der Waals surface area contributed by atoms with Crippen molar-refractivity contribution < 1.29 is 22.4 Å². The minimum Gasteiger partial charge on any atom is -0.494 e. The van der Waals surface area contributed by atoms with Gasteiger partial charge in [-0.15, -0.1) is 0 Å². The quantitative estimate of drug-likeness (QED) is 0.209. The normalized spacial score (nSPS) is 11.6. The highest BCUT2D eigenvalue weighted by Gasteiger charge is 2.22. The number of anilines is 1. The van der Waals surface area contributed by atoms with E-state index in [0.717, 1.165) is 30.8 Å². The summed E-state index contributed by atoms with van der Waals surface area (Å²) >= 11 is 3.37. The fraction of sp³-hybridized carbons (Fsp3) is 0.348. The highest BCUT2D eigenvalue weighted by molar-refractivity contribution is 9.09. The van der Waals surface area contributed by atoms with Gasteiger partial charge in [-0.25, -0.2) is 8.42 Å². The van der Waals surface area contributed by atoms with E-state index in [-0.39, 0.29) is 5.78 Å². The van der Waals surface area contributed by atoms with Gasteiger partial charge in [0.05, 0.1) is 18.4 Å². The number of hydrogen-bond acceptors (Lipinski definition) is 5. The molecule has 3 rings (SSSR count). The molecular weight excluding hydrogens is 482 g/mol. The number of rotatable bonds is 11. The molecule has 0 aliphatic rings. The van der Waals surface area contributed by atoms with Crippen molar-refractivity contribution >= 4 is 48.4 Å². The first-order valence-corrected chi connectivity index (χ1v) is 13.2. The first-order valence-electron chi connectivity index (χ1n) is 10.2. The average Bonchev–Trinajstić information content (AvgIpc) is 3.08. The number of halogens is 1. The van der Waals surface area contributed by atoms with E-state index in [1.54, 1.807) is 42.5 Å². The molecule has 3 aromatic rings. The lowest BCUT2D eigenvalue weighted by Gasteiger charge is -2.07. The maximum Gasteiger partial charge on any atom is 0.229 e. The molecule has 0 aliphatic carbocycles. The summed E-state index contributed by atoms with van der Waals surface area (Å²) in [7, 11) is -3.44. The Hall–Kier alpha value is -2.32. The van der Waals surface area contributed by atoms with E-state index in [4.69, 9.17) is 9.15 Å². The van der Waals surface area contributed by atoms with E-state index >= 15 is 0 Å². The standard InChI is InChI=1S/C23H26BrNO5S/c1-3-4-6-21-22(19-15-17(25-31(2,27)28)9-12-20(19)30-21)23(26)16-7-10-18(11-8-16)29-14-5-13-24/h7-12,15,25H,3-6,13-14H2,1-2H3. The van der Waals surface area contributed by atoms with Crippen LogP contribution in [0.25, 0.3) is 11.0 Å². The molecule has 8 heteroatoms. The molecular formula is C23H26BrNO5S. The fourth-order valence-electron chi connectivity index (χ4n) is 3.28. The van der Waals surface area contributed by atoms with E-state index in [0.29, 0.717) is 52.3 Å². The number of aryl methyl sites for hydroxylation is 1. The van der Waals surface area contributed by atoms with Crippen molar-refractivity contribution in [2.45, 2.75) is 32.6 Å². The molecule has 0 spiro atoms. The van der Waals surface area contributed by atoms with Crippen LogP contribution in [0.2, 0.25) is 0 Å². The van der Waals surface area contributed by atoms with Gasteiger partial charge in [-0.3, -0.25) is 9.52 Å². The third kappa shape index (κ3) is 6.11. The lowest BCUT2D eigenvalue weighted by atomic mass is 9.98. The molecule has 0 radical (unpaired) electrons. The minimum absolute atomic E-state index is 0.159. The Balaban J connectivity index is 1.98. The second kappa shape index (κ2) is 10.3. The number of unbranched alkanes of at least 4 members (excludes halogenated alkanes) is 1. The molecule has 0 saturated carbocycles. The number of nitrogens with one attached hydrogen (secondary N) is 1. The van der Waals surface area contributed by atoms with Crippen LogP contribution in [0.3, 0.4) is 0 Å². The molecule has 0 amide bonds. The number of hydrogen-bond donors (Lipinski definition) is 1. The number of carbonyl (C=O) groups is 1. The Labute approximate surface area is 191 Å². The van der Waals surface area contributed by atoms with E-state index in [2.05, 4.69) is 27.6 Å². The Morgan fingerprint density at radius 3 is 2.52 bits per heavy atom. The fourth-order valence-corrected chi connectivity index (χ4v) is 4.06. The van der Waals surface area contributed by atoms with Crippen molar-refractivity contribution in [2.75, 3.05) is 22.9 Å². The van der Waals surface area contributed by atoms with E-state index in [1.807, 2.05) is 0 Å². The van der Waals surface area contributed by atoms with E-state index in [1.165, 1.54) is 0 Å². The molecule has 1 N–H and O–H groups in total. The monoisotopic (exact) mass is 507 g/mol. The van der Waals surface area contributed by atoms with Crippen LogP contribution in [0.1, 0.15) is 47.9 Å². The molecule has 6 nitrogen and oxygen atoms in total. The summed E-state index contributed by atoms with van der Waals surface area (Å²) in [6.45, 7) is 2.68. The summed E-state index contributed by atoms with van der Waals surface area (Å²) in [6.07, 6.45) is 4.47. The number of furan rings is 1. The zero-order valence-electron chi connectivity index (χ0n) is 17.6.